The van der Waals surface area contributed by atoms with Crippen molar-refractivity contribution in [2.75, 3.05) is 37.2 Å². The molecule has 7 rings (SSSR count). The maximum absolute atomic E-state index is 14.2. The van der Waals surface area contributed by atoms with Gasteiger partial charge in [0.2, 0.25) is 12.5 Å². The van der Waals surface area contributed by atoms with Crippen LogP contribution >= 0.6 is 22.9 Å². The number of nitrogens with zero attached hydrogens (tertiary/aromatic N) is 3. The van der Waals surface area contributed by atoms with Gasteiger partial charge in [-0.25, -0.2) is 9.78 Å². The van der Waals surface area contributed by atoms with Crippen molar-refractivity contribution in [3.63, 3.8) is 0 Å². The SMILES string of the molecule is COc1ccc(COC(=O)C2(CCl)CN3C(=O)C(NC(=O)C(=NOCC(=O)OC(C)(C)C)c4csc(NC(c5ccccc5)(c5ccccc5)c5ccccc5)n4)[C@H]3S(=O)C2)cc1. The summed E-state index contributed by atoms with van der Waals surface area (Å²) in [6.07, 6.45) is 0. The number of alkyl halides is 1. The Kier molecular flexibility index (Phi) is 13.6. The second kappa shape index (κ2) is 19.1. The van der Waals surface area contributed by atoms with Crippen molar-refractivity contribution in [1.29, 1.82) is 0 Å². The summed E-state index contributed by atoms with van der Waals surface area (Å²) in [4.78, 5) is 65.5. The number of anilines is 1. The van der Waals surface area contributed by atoms with Gasteiger partial charge in [-0.3, -0.25) is 18.6 Å². The number of nitrogens with one attached hydrogen (secondary N) is 2. The number of carbonyl (C=O) groups is 4. The standard InChI is InChI=1S/C46H46ClN5O9S2/c1-44(2,3)61-36(53)25-60-51-37(35-26-62-43(48-35)50-46(31-14-8-5-9-15-31,32-16-10-6-11-17-32)33-18-12-7-13-19-33)39(54)49-38-40(55)52-28-45(27-47,29-63(57)41(38)52)42(56)59-24-30-20-22-34(58-4)23-21-30/h5-23,26,38,41H,24-25,27-29H2,1-4H3,(H,48,50)(H,49,54)/t38?,41-,45?,63?/m1/s1. The smallest absolute Gasteiger partial charge is 0.347 e. The van der Waals surface area contributed by atoms with E-state index in [-0.39, 0.29) is 36.2 Å². The largest absolute Gasteiger partial charge is 0.497 e. The van der Waals surface area contributed by atoms with Gasteiger partial charge in [0.05, 0.1) is 7.11 Å². The number of β-lactam (4-membered cyclic amide) rings is 1. The number of carbonyl (C=O) groups excluding carboxylic acids is 4. The summed E-state index contributed by atoms with van der Waals surface area (Å²) in [6.45, 7) is 4.25. The molecule has 0 bridgehead atoms. The highest BCUT2D eigenvalue weighted by Gasteiger charge is 2.61. The quantitative estimate of drug-likeness (QED) is 0.0297. The first-order chi connectivity index (χ1) is 30.3. The predicted octanol–water partition coefficient (Wildman–Crippen LogP) is 6.00. The summed E-state index contributed by atoms with van der Waals surface area (Å²) < 4.78 is 30.0. The summed E-state index contributed by atoms with van der Waals surface area (Å²) in [7, 11) is -0.302. The number of esters is 2. The Labute approximate surface area is 376 Å². The van der Waals surface area contributed by atoms with Gasteiger partial charge in [0.1, 0.15) is 46.0 Å². The van der Waals surface area contributed by atoms with Crippen LogP contribution in [-0.2, 0) is 56.4 Å². The van der Waals surface area contributed by atoms with Gasteiger partial charge in [0.15, 0.2) is 10.8 Å². The second-order valence-electron chi connectivity index (χ2n) is 16.0. The van der Waals surface area contributed by atoms with E-state index in [0.29, 0.717) is 16.4 Å². The van der Waals surface area contributed by atoms with E-state index < -0.39 is 69.1 Å². The van der Waals surface area contributed by atoms with Gasteiger partial charge < -0.3 is 34.6 Å². The molecule has 2 saturated heterocycles. The molecule has 0 aliphatic carbocycles. The zero-order valence-corrected chi connectivity index (χ0v) is 37.3. The van der Waals surface area contributed by atoms with E-state index in [1.54, 1.807) is 57.5 Å². The van der Waals surface area contributed by atoms with Crippen molar-refractivity contribution < 1.29 is 42.4 Å². The molecule has 2 fully saturated rings. The van der Waals surface area contributed by atoms with Gasteiger partial charge in [-0.05, 0) is 55.2 Å². The fourth-order valence-corrected chi connectivity index (χ4v) is 10.6. The van der Waals surface area contributed by atoms with Gasteiger partial charge in [-0.15, -0.1) is 22.9 Å². The Balaban J connectivity index is 1.13. The van der Waals surface area contributed by atoms with Crippen molar-refractivity contribution in [2.24, 2.45) is 10.6 Å². The number of oxime groups is 1. The van der Waals surface area contributed by atoms with Gasteiger partial charge in [-0.2, -0.15) is 0 Å². The molecule has 63 heavy (non-hydrogen) atoms. The first-order valence-corrected chi connectivity index (χ1v) is 22.7. The van der Waals surface area contributed by atoms with Crippen LogP contribution in [0.2, 0.25) is 0 Å². The van der Waals surface area contributed by atoms with Crippen LogP contribution in [-0.4, -0.2) is 92.5 Å². The number of hydrogen-bond acceptors (Lipinski definition) is 13. The molecular formula is C46H46ClN5O9S2. The Bertz CT molecular complexity index is 2390. The molecule has 3 unspecified atom stereocenters. The van der Waals surface area contributed by atoms with Gasteiger partial charge >= 0.3 is 11.9 Å². The number of rotatable bonds is 16. The lowest BCUT2D eigenvalue weighted by molar-refractivity contribution is -0.162. The molecule has 3 heterocycles. The second-order valence-corrected chi connectivity index (χ2v) is 18.6. The molecule has 2 amide bonds. The number of amides is 2. The highest BCUT2D eigenvalue weighted by atomic mass is 35.5. The van der Waals surface area contributed by atoms with Crippen LogP contribution in [0, 0.1) is 5.41 Å². The number of halogens is 1. The molecule has 328 valence electrons. The maximum atomic E-state index is 14.2. The van der Waals surface area contributed by atoms with Crippen molar-refractivity contribution in [3.8, 4) is 5.75 Å². The van der Waals surface area contributed by atoms with Crippen LogP contribution in [0.15, 0.2) is 126 Å². The summed E-state index contributed by atoms with van der Waals surface area (Å²) >= 11 is 7.56. The van der Waals surface area contributed by atoms with Crippen LogP contribution < -0.4 is 15.4 Å². The summed E-state index contributed by atoms with van der Waals surface area (Å²) in [5.41, 5.74) is -0.0112. The number of thiazole rings is 1. The highest BCUT2D eigenvalue weighted by Crippen LogP contribution is 2.41. The molecule has 2 aliphatic heterocycles. The predicted molar refractivity (Wildman–Crippen MR) is 240 cm³/mol. The lowest BCUT2D eigenvalue weighted by Crippen LogP contribution is -2.77. The van der Waals surface area contributed by atoms with E-state index in [4.69, 9.17) is 35.6 Å². The van der Waals surface area contributed by atoms with E-state index >= 15 is 0 Å². The number of ether oxygens (including phenoxy) is 3. The minimum Gasteiger partial charge on any atom is -0.497 e. The van der Waals surface area contributed by atoms with Crippen LogP contribution in [0.1, 0.15) is 48.7 Å². The van der Waals surface area contributed by atoms with Gasteiger partial charge in [0, 0.05) is 34.4 Å². The zero-order valence-electron chi connectivity index (χ0n) is 34.9. The first kappa shape index (κ1) is 44.9. The van der Waals surface area contributed by atoms with E-state index in [2.05, 4.69) is 15.8 Å². The van der Waals surface area contributed by atoms with E-state index in [0.717, 1.165) is 16.7 Å². The lowest BCUT2D eigenvalue weighted by Gasteiger charge is -2.53. The maximum Gasteiger partial charge on any atom is 0.347 e. The summed E-state index contributed by atoms with van der Waals surface area (Å²) in [5, 5.41) is 11.4. The molecular weight excluding hydrogens is 866 g/mol. The zero-order chi connectivity index (χ0) is 44.8. The third-order valence-corrected chi connectivity index (χ3v) is 13.6. The number of fused-ring (bicyclic) bond motifs is 1. The molecule has 5 aromatic rings. The number of methoxy groups -OCH3 is 1. The van der Waals surface area contributed by atoms with Crippen LogP contribution in [0.4, 0.5) is 5.13 Å². The van der Waals surface area contributed by atoms with Gasteiger partial charge in [0.25, 0.3) is 5.91 Å². The number of hydrogen-bond donors (Lipinski definition) is 2. The van der Waals surface area contributed by atoms with E-state index in [9.17, 15) is 23.4 Å². The Morgan fingerprint density at radius 3 is 2.05 bits per heavy atom. The summed E-state index contributed by atoms with van der Waals surface area (Å²) in [5.74, 6) is -2.68. The Morgan fingerprint density at radius 1 is 0.921 bits per heavy atom. The van der Waals surface area contributed by atoms with Crippen molar-refractivity contribution in [2.45, 2.75) is 49.9 Å². The minimum atomic E-state index is -1.85. The first-order valence-electron chi connectivity index (χ1n) is 19.9. The molecule has 4 aromatic carbocycles. The van der Waals surface area contributed by atoms with Crippen molar-refractivity contribution in [1.82, 2.24) is 15.2 Å². The third-order valence-electron chi connectivity index (χ3n) is 10.4. The topological polar surface area (TPSA) is 175 Å². The van der Waals surface area contributed by atoms with Crippen molar-refractivity contribution in [3.05, 3.63) is 149 Å². The normalized spacial score (nSPS) is 19.8. The molecule has 2 aliphatic rings. The van der Waals surface area contributed by atoms with Crippen molar-refractivity contribution >= 4 is 68.3 Å². The fourth-order valence-electron chi connectivity index (χ4n) is 7.45. The monoisotopic (exact) mass is 911 g/mol. The molecule has 2 N–H and O–H groups in total. The van der Waals surface area contributed by atoms with Crippen LogP contribution in [0.25, 0.3) is 0 Å². The third kappa shape index (κ3) is 9.77. The average molecular weight is 912 g/mol. The number of aromatic nitrogens is 1. The molecule has 17 heteroatoms. The van der Waals surface area contributed by atoms with E-state index in [1.165, 1.54) is 16.2 Å². The molecule has 14 nitrogen and oxygen atoms in total. The molecule has 4 atom stereocenters. The minimum absolute atomic E-state index is 0.0676. The number of benzene rings is 4. The summed E-state index contributed by atoms with van der Waals surface area (Å²) in [6, 6.07) is 35.4. The Hall–Kier alpha value is -6.10. The van der Waals surface area contributed by atoms with Crippen LogP contribution in [0.5, 0.6) is 5.75 Å². The highest BCUT2D eigenvalue weighted by molar-refractivity contribution is 7.86. The van der Waals surface area contributed by atoms with E-state index in [1.807, 2.05) is 91.0 Å². The average Bonchev–Trinajstić information content (AvgIpc) is 3.75. The Morgan fingerprint density at radius 2 is 1.51 bits per heavy atom. The molecule has 1 aromatic heterocycles. The van der Waals surface area contributed by atoms with Gasteiger partial charge in [-0.1, -0.05) is 108 Å². The molecule has 0 radical (unpaired) electrons. The lowest BCUT2D eigenvalue weighted by atomic mass is 9.77. The molecule has 0 spiro atoms. The molecule has 0 saturated carbocycles. The fraction of sp³-hybridized carbons (Fsp3) is 0.304. The van der Waals surface area contributed by atoms with Crippen LogP contribution in [0.3, 0.4) is 0 Å².